The molecule has 0 aromatic carbocycles. The van der Waals surface area contributed by atoms with Gasteiger partial charge in [-0.3, -0.25) is 4.79 Å². The molecule has 82 valence electrons. The van der Waals surface area contributed by atoms with E-state index in [-0.39, 0.29) is 5.91 Å². The van der Waals surface area contributed by atoms with E-state index >= 15 is 0 Å². The van der Waals surface area contributed by atoms with Crippen LogP contribution in [0.2, 0.25) is 0 Å². The number of nitrogens with one attached hydrogen (secondary N) is 2. The van der Waals surface area contributed by atoms with Crippen LogP contribution in [0.4, 0.5) is 0 Å². The van der Waals surface area contributed by atoms with E-state index in [2.05, 4.69) is 17.6 Å². The number of hydrogen-bond acceptors (Lipinski definition) is 2. The summed E-state index contributed by atoms with van der Waals surface area (Å²) >= 11 is 0. The van der Waals surface area contributed by atoms with E-state index in [4.69, 9.17) is 0 Å². The van der Waals surface area contributed by atoms with Crippen LogP contribution >= 0.6 is 0 Å². The van der Waals surface area contributed by atoms with Crippen molar-refractivity contribution in [1.82, 2.24) is 10.6 Å². The Morgan fingerprint density at radius 2 is 2.00 bits per heavy atom. The average molecular weight is 198 g/mol. The Morgan fingerprint density at radius 1 is 1.29 bits per heavy atom. The van der Waals surface area contributed by atoms with E-state index in [0.29, 0.717) is 6.04 Å². The third-order valence-electron chi connectivity index (χ3n) is 3.02. The van der Waals surface area contributed by atoms with Crippen molar-refractivity contribution in [3.63, 3.8) is 0 Å². The van der Waals surface area contributed by atoms with Gasteiger partial charge in [-0.25, -0.2) is 0 Å². The van der Waals surface area contributed by atoms with E-state index in [1.54, 1.807) is 6.92 Å². The highest BCUT2D eigenvalue weighted by Crippen LogP contribution is 2.23. The highest BCUT2D eigenvalue weighted by atomic mass is 16.1. The van der Waals surface area contributed by atoms with E-state index < -0.39 is 0 Å². The first-order valence-electron chi connectivity index (χ1n) is 5.68. The van der Waals surface area contributed by atoms with Gasteiger partial charge in [0.1, 0.15) is 0 Å². The molecule has 3 nitrogen and oxygen atoms in total. The molecule has 1 aliphatic carbocycles. The molecule has 1 aliphatic rings. The fourth-order valence-corrected chi connectivity index (χ4v) is 2.12. The molecular formula is C11H22N2O. The summed E-state index contributed by atoms with van der Waals surface area (Å²) in [6, 6.07) is 0.664. The summed E-state index contributed by atoms with van der Waals surface area (Å²) in [7, 11) is 0. The molecule has 0 spiro atoms. The van der Waals surface area contributed by atoms with E-state index in [0.717, 1.165) is 19.0 Å². The van der Waals surface area contributed by atoms with Gasteiger partial charge < -0.3 is 10.6 Å². The van der Waals surface area contributed by atoms with Gasteiger partial charge >= 0.3 is 0 Å². The van der Waals surface area contributed by atoms with Crippen LogP contribution in [-0.4, -0.2) is 25.0 Å². The van der Waals surface area contributed by atoms with Crippen LogP contribution in [0.3, 0.4) is 0 Å². The van der Waals surface area contributed by atoms with Gasteiger partial charge in [0.05, 0.1) is 0 Å². The van der Waals surface area contributed by atoms with Crippen LogP contribution in [0.25, 0.3) is 0 Å². The molecule has 3 heteroatoms. The maximum atomic E-state index is 10.6. The first-order chi connectivity index (χ1) is 6.70. The molecule has 0 aliphatic heterocycles. The molecule has 1 saturated carbocycles. The zero-order valence-electron chi connectivity index (χ0n) is 9.31. The maximum absolute atomic E-state index is 10.6. The zero-order chi connectivity index (χ0) is 10.4. The second-order valence-corrected chi connectivity index (χ2v) is 4.31. The largest absolute Gasteiger partial charge is 0.355 e. The van der Waals surface area contributed by atoms with Crippen LogP contribution < -0.4 is 10.6 Å². The van der Waals surface area contributed by atoms with Gasteiger partial charge in [0.2, 0.25) is 5.91 Å². The Hall–Kier alpha value is -0.570. The van der Waals surface area contributed by atoms with Gasteiger partial charge in [0.15, 0.2) is 0 Å². The second-order valence-electron chi connectivity index (χ2n) is 4.31. The quantitative estimate of drug-likeness (QED) is 0.668. The van der Waals surface area contributed by atoms with Crippen LogP contribution in [0.5, 0.6) is 0 Å². The molecule has 0 heterocycles. The van der Waals surface area contributed by atoms with Crippen LogP contribution in [-0.2, 0) is 4.79 Å². The minimum atomic E-state index is 0.0588. The minimum absolute atomic E-state index is 0.0588. The Kier molecular flexibility index (Phi) is 4.94. The van der Waals surface area contributed by atoms with Crippen molar-refractivity contribution in [3.8, 4) is 0 Å². The summed E-state index contributed by atoms with van der Waals surface area (Å²) in [6.07, 6.45) is 5.37. The Labute approximate surface area is 86.6 Å². The van der Waals surface area contributed by atoms with E-state index in [1.807, 2.05) is 0 Å². The standard InChI is InChI=1S/C11H22N2O/c1-9-5-3-4-6-11(9)13-8-7-12-10(2)14/h9,11,13H,3-8H2,1-2H3,(H,12,14). The lowest BCUT2D eigenvalue weighted by Crippen LogP contribution is -2.41. The number of carbonyl (C=O) groups is 1. The van der Waals surface area contributed by atoms with Gasteiger partial charge in [-0.2, -0.15) is 0 Å². The third kappa shape index (κ3) is 4.09. The number of amides is 1. The molecule has 1 amide bonds. The maximum Gasteiger partial charge on any atom is 0.216 e. The van der Waals surface area contributed by atoms with Gasteiger partial charge in [-0.05, 0) is 18.8 Å². The molecule has 14 heavy (non-hydrogen) atoms. The highest BCUT2D eigenvalue weighted by Gasteiger charge is 2.19. The average Bonchev–Trinajstić information content (AvgIpc) is 2.15. The van der Waals surface area contributed by atoms with E-state index in [9.17, 15) is 4.79 Å². The smallest absolute Gasteiger partial charge is 0.216 e. The molecule has 1 fully saturated rings. The summed E-state index contributed by atoms with van der Waals surface area (Å²) < 4.78 is 0. The lowest BCUT2D eigenvalue weighted by molar-refractivity contribution is -0.118. The van der Waals surface area contributed by atoms with Crippen molar-refractivity contribution in [2.75, 3.05) is 13.1 Å². The fourth-order valence-electron chi connectivity index (χ4n) is 2.12. The van der Waals surface area contributed by atoms with Gasteiger partial charge in [0, 0.05) is 26.1 Å². The van der Waals surface area contributed by atoms with Crippen molar-refractivity contribution >= 4 is 5.91 Å². The summed E-state index contributed by atoms with van der Waals surface area (Å²) in [5.74, 6) is 0.851. The van der Waals surface area contributed by atoms with Crippen LogP contribution in [0.1, 0.15) is 39.5 Å². The molecule has 0 aromatic rings. The molecule has 0 aromatic heterocycles. The molecule has 1 rings (SSSR count). The summed E-state index contributed by atoms with van der Waals surface area (Å²) in [6.45, 7) is 5.52. The highest BCUT2D eigenvalue weighted by molar-refractivity contribution is 5.72. The topological polar surface area (TPSA) is 41.1 Å². The second kappa shape index (κ2) is 6.02. The predicted octanol–water partition coefficient (Wildman–Crippen LogP) is 1.29. The fraction of sp³-hybridized carbons (Fsp3) is 0.909. The summed E-state index contributed by atoms with van der Waals surface area (Å²) in [5, 5.41) is 6.31. The van der Waals surface area contributed by atoms with Gasteiger partial charge in [0.25, 0.3) is 0 Å². The van der Waals surface area contributed by atoms with Gasteiger partial charge in [-0.15, -0.1) is 0 Å². The third-order valence-corrected chi connectivity index (χ3v) is 3.02. The van der Waals surface area contributed by atoms with Crippen LogP contribution in [0.15, 0.2) is 0 Å². The monoisotopic (exact) mass is 198 g/mol. The van der Waals surface area contributed by atoms with Crippen molar-refractivity contribution in [2.24, 2.45) is 5.92 Å². The van der Waals surface area contributed by atoms with Crippen molar-refractivity contribution in [1.29, 1.82) is 0 Å². The molecule has 2 unspecified atom stereocenters. The summed E-state index contributed by atoms with van der Waals surface area (Å²) in [4.78, 5) is 10.6. The lowest BCUT2D eigenvalue weighted by Gasteiger charge is -2.29. The van der Waals surface area contributed by atoms with Crippen molar-refractivity contribution < 1.29 is 4.79 Å². The SMILES string of the molecule is CC(=O)NCCNC1CCCCC1C. The van der Waals surface area contributed by atoms with Gasteiger partial charge in [-0.1, -0.05) is 19.8 Å². The molecule has 0 bridgehead atoms. The minimum Gasteiger partial charge on any atom is -0.355 e. The number of hydrogen-bond donors (Lipinski definition) is 2. The number of carbonyl (C=O) groups excluding carboxylic acids is 1. The first-order valence-corrected chi connectivity index (χ1v) is 5.68. The lowest BCUT2D eigenvalue weighted by atomic mass is 9.86. The first kappa shape index (κ1) is 11.5. The van der Waals surface area contributed by atoms with Crippen molar-refractivity contribution in [3.05, 3.63) is 0 Å². The predicted molar refractivity (Wildman–Crippen MR) is 58.1 cm³/mol. The molecule has 2 atom stereocenters. The molecular weight excluding hydrogens is 176 g/mol. The Morgan fingerprint density at radius 3 is 2.64 bits per heavy atom. The number of rotatable bonds is 4. The summed E-state index contributed by atoms with van der Waals surface area (Å²) in [5.41, 5.74) is 0. The van der Waals surface area contributed by atoms with Crippen LogP contribution in [0, 0.1) is 5.92 Å². The Bertz CT molecular complexity index is 182. The molecule has 0 saturated heterocycles. The zero-order valence-corrected chi connectivity index (χ0v) is 9.31. The van der Waals surface area contributed by atoms with E-state index in [1.165, 1.54) is 25.7 Å². The molecule has 0 radical (unpaired) electrons. The Balaban J connectivity index is 2.07. The van der Waals surface area contributed by atoms with Crippen molar-refractivity contribution in [2.45, 2.75) is 45.6 Å². The molecule has 2 N–H and O–H groups in total. The normalized spacial score (nSPS) is 27.3.